The Morgan fingerprint density at radius 2 is 1.27 bits per heavy atom. The van der Waals surface area contributed by atoms with E-state index in [0.717, 1.165) is 13.0 Å². The highest BCUT2D eigenvalue weighted by atomic mass is 15.1. The van der Waals surface area contributed by atoms with Crippen LogP contribution in [-0.2, 0) is 0 Å². The summed E-state index contributed by atoms with van der Waals surface area (Å²) in [6.45, 7) is 0.832. The Morgan fingerprint density at radius 3 is 1.82 bits per heavy atom. The lowest BCUT2D eigenvalue weighted by Gasteiger charge is -2.18. The number of rotatable bonds is 6. The Labute approximate surface area is 131 Å². The summed E-state index contributed by atoms with van der Waals surface area (Å²) in [5, 5.41) is 3.29. The van der Waals surface area contributed by atoms with Crippen LogP contribution in [0, 0.1) is 0 Å². The number of hydrogen-bond donors (Lipinski definition) is 1. The van der Waals surface area contributed by atoms with Crippen LogP contribution in [0.5, 0.6) is 0 Å². The summed E-state index contributed by atoms with van der Waals surface area (Å²) < 4.78 is 0. The topological polar surface area (TPSA) is 37.8 Å². The number of nitrogens with zero attached hydrogens (tertiary/aromatic N) is 2. The van der Waals surface area contributed by atoms with Gasteiger partial charge in [0.2, 0.25) is 5.95 Å². The van der Waals surface area contributed by atoms with Gasteiger partial charge in [0, 0.05) is 24.9 Å². The first-order valence-corrected chi connectivity index (χ1v) is 7.54. The Balaban J connectivity index is 1.72. The molecule has 1 aromatic heterocycles. The Hall–Kier alpha value is -2.68. The molecule has 3 aromatic rings. The molecule has 0 aliphatic carbocycles. The van der Waals surface area contributed by atoms with Crippen molar-refractivity contribution in [3.63, 3.8) is 0 Å². The second-order valence-electron chi connectivity index (χ2n) is 5.16. The maximum absolute atomic E-state index is 4.20. The quantitative estimate of drug-likeness (QED) is 0.742. The molecule has 0 amide bonds. The fraction of sp³-hybridized carbons (Fsp3) is 0.158. The van der Waals surface area contributed by atoms with Crippen LogP contribution in [0.4, 0.5) is 5.95 Å². The molecule has 0 atom stereocenters. The molecular weight excluding hydrogens is 270 g/mol. The fourth-order valence-corrected chi connectivity index (χ4v) is 2.62. The van der Waals surface area contributed by atoms with Gasteiger partial charge in [0.15, 0.2) is 0 Å². The average Bonchev–Trinajstić information content (AvgIpc) is 2.61. The molecule has 0 aliphatic rings. The number of nitrogens with one attached hydrogen (secondary N) is 1. The zero-order valence-electron chi connectivity index (χ0n) is 12.4. The van der Waals surface area contributed by atoms with Gasteiger partial charge in [0.1, 0.15) is 0 Å². The van der Waals surface area contributed by atoms with Crippen molar-refractivity contribution in [3.05, 3.63) is 90.3 Å². The first-order valence-electron chi connectivity index (χ1n) is 7.54. The highest BCUT2D eigenvalue weighted by molar-refractivity contribution is 5.33. The summed E-state index contributed by atoms with van der Waals surface area (Å²) >= 11 is 0. The molecule has 0 saturated heterocycles. The molecule has 3 rings (SSSR count). The van der Waals surface area contributed by atoms with Crippen LogP contribution in [-0.4, -0.2) is 16.5 Å². The smallest absolute Gasteiger partial charge is 0.222 e. The second kappa shape index (κ2) is 7.36. The number of benzene rings is 2. The molecule has 1 heterocycles. The third-order valence-electron chi connectivity index (χ3n) is 3.69. The zero-order chi connectivity index (χ0) is 15.0. The summed E-state index contributed by atoms with van der Waals surface area (Å²) in [6, 6.07) is 23.1. The molecule has 0 aliphatic heterocycles. The third kappa shape index (κ3) is 3.70. The molecule has 110 valence electrons. The van der Waals surface area contributed by atoms with Gasteiger partial charge in [-0.05, 0) is 23.6 Å². The van der Waals surface area contributed by atoms with Gasteiger partial charge in [-0.2, -0.15) is 0 Å². The van der Waals surface area contributed by atoms with Crippen LogP contribution in [0.3, 0.4) is 0 Å². The van der Waals surface area contributed by atoms with Crippen LogP contribution in [0.25, 0.3) is 0 Å². The molecule has 0 bridgehead atoms. The van der Waals surface area contributed by atoms with Gasteiger partial charge >= 0.3 is 0 Å². The molecule has 3 nitrogen and oxygen atoms in total. The molecule has 1 N–H and O–H groups in total. The van der Waals surface area contributed by atoms with Gasteiger partial charge in [-0.25, -0.2) is 9.97 Å². The van der Waals surface area contributed by atoms with Gasteiger partial charge in [-0.15, -0.1) is 0 Å². The lowest BCUT2D eigenvalue weighted by molar-refractivity contribution is 0.741. The molecule has 0 spiro atoms. The van der Waals surface area contributed by atoms with Crippen LogP contribution < -0.4 is 5.32 Å². The van der Waals surface area contributed by atoms with Crippen molar-refractivity contribution in [1.82, 2.24) is 9.97 Å². The lowest BCUT2D eigenvalue weighted by atomic mass is 9.88. The Morgan fingerprint density at radius 1 is 0.727 bits per heavy atom. The minimum atomic E-state index is 0.374. The SMILES string of the molecule is c1ccc(C(CCNc2ncccn2)c2ccccc2)cc1. The molecule has 3 heteroatoms. The van der Waals surface area contributed by atoms with E-state index in [9.17, 15) is 0 Å². The molecular formula is C19H19N3. The third-order valence-corrected chi connectivity index (χ3v) is 3.69. The summed E-state index contributed by atoms with van der Waals surface area (Å²) in [4.78, 5) is 8.40. The van der Waals surface area contributed by atoms with E-state index in [-0.39, 0.29) is 0 Å². The maximum atomic E-state index is 4.20. The van der Waals surface area contributed by atoms with E-state index in [4.69, 9.17) is 0 Å². The van der Waals surface area contributed by atoms with Gasteiger partial charge in [0.25, 0.3) is 0 Å². The summed E-state index contributed by atoms with van der Waals surface area (Å²) in [6.07, 6.45) is 4.49. The van der Waals surface area contributed by atoms with Crippen LogP contribution in [0.15, 0.2) is 79.1 Å². The van der Waals surface area contributed by atoms with Gasteiger partial charge in [-0.3, -0.25) is 0 Å². The standard InChI is InChI=1S/C19H19N3/c1-3-8-16(9-4-1)18(17-10-5-2-6-11-17)12-15-22-19-20-13-7-14-21-19/h1-11,13-14,18H,12,15H2,(H,20,21,22). The summed E-state index contributed by atoms with van der Waals surface area (Å²) in [7, 11) is 0. The largest absolute Gasteiger partial charge is 0.354 e. The molecule has 22 heavy (non-hydrogen) atoms. The Bertz CT molecular complexity index is 629. The van der Waals surface area contributed by atoms with Crippen molar-refractivity contribution in [1.29, 1.82) is 0 Å². The van der Waals surface area contributed by atoms with Crippen LogP contribution in [0.2, 0.25) is 0 Å². The first-order chi connectivity index (χ1) is 10.9. The normalized spacial score (nSPS) is 10.6. The minimum Gasteiger partial charge on any atom is -0.354 e. The van der Waals surface area contributed by atoms with Crippen molar-refractivity contribution >= 4 is 5.95 Å². The van der Waals surface area contributed by atoms with E-state index in [1.165, 1.54) is 11.1 Å². The summed E-state index contributed by atoms with van der Waals surface area (Å²) in [5.41, 5.74) is 2.67. The molecule has 0 radical (unpaired) electrons. The molecule has 0 saturated carbocycles. The van der Waals surface area contributed by atoms with E-state index < -0.39 is 0 Å². The van der Waals surface area contributed by atoms with Crippen molar-refractivity contribution in [2.45, 2.75) is 12.3 Å². The second-order valence-corrected chi connectivity index (χ2v) is 5.16. The Kier molecular flexibility index (Phi) is 4.77. The van der Waals surface area contributed by atoms with E-state index in [1.54, 1.807) is 12.4 Å². The summed E-state index contributed by atoms with van der Waals surface area (Å²) in [5.74, 6) is 1.06. The molecule has 0 unspecified atom stereocenters. The van der Waals surface area contributed by atoms with Crippen molar-refractivity contribution in [2.75, 3.05) is 11.9 Å². The predicted molar refractivity (Wildman–Crippen MR) is 89.9 cm³/mol. The molecule has 0 fully saturated rings. The van der Waals surface area contributed by atoms with Crippen LogP contribution in [0.1, 0.15) is 23.5 Å². The van der Waals surface area contributed by atoms with Crippen molar-refractivity contribution < 1.29 is 0 Å². The van der Waals surface area contributed by atoms with E-state index in [0.29, 0.717) is 11.9 Å². The number of aromatic nitrogens is 2. The van der Waals surface area contributed by atoms with Gasteiger partial charge < -0.3 is 5.32 Å². The van der Waals surface area contributed by atoms with Crippen molar-refractivity contribution in [2.24, 2.45) is 0 Å². The monoisotopic (exact) mass is 289 g/mol. The number of hydrogen-bond acceptors (Lipinski definition) is 3. The maximum Gasteiger partial charge on any atom is 0.222 e. The predicted octanol–water partition coefficient (Wildman–Crippen LogP) is 4.11. The van der Waals surface area contributed by atoms with Gasteiger partial charge in [-0.1, -0.05) is 60.7 Å². The average molecular weight is 289 g/mol. The fourth-order valence-electron chi connectivity index (χ4n) is 2.62. The minimum absolute atomic E-state index is 0.374. The molecule has 2 aromatic carbocycles. The lowest BCUT2D eigenvalue weighted by Crippen LogP contribution is -2.10. The van der Waals surface area contributed by atoms with E-state index >= 15 is 0 Å². The van der Waals surface area contributed by atoms with Crippen LogP contribution >= 0.6 is 0 Å². The van der Waals surface area contributed by atoms with E-state index in [2.05, 4.69) is 75.9 Å². The highest BCUT2D eigenvalue weighted by Gasteiger charge is 2.13. The number of anilines is 1. The zero-order valence-corrected chi connectivity index (χ0v) is 12.4. The van der Waals surface area contributed by atoms with E-state index in [1.807, 2.05) is 6.07 Å². The highest BCUT2D eigenvalue weighted by Crippen LogP contribution is 2.27. The first kappa shape index (κ1) is 14.3. The van der Waals surface area contributed by atoms with Gasteiger partial charge in [0.05, 0.1) is 0 Å². The van der Waals surface area contributed by atoms with Crippen molar-refractivity contribution in [3.8, 4) is 0 Å².